The van der Waals surface area contributed by atoms with E-state index in [9.17, 15) is 13.2 Å². The molecule has 0 unspecified atom stereocenters. The Balaban J connectivity index is 1.50. The van der Waals surface area contributed by atoms with Crippen LogP contribution in [0.4, 0.5) is 0 Å². The molecule has 8 nitrogen and oxygen atoms in total. The van der Waals surface area contributed by atoms with Gasteiger partial charge < -0.3 is 19.1 Å². The first-order valence-electron chi connectivity index (χ1n) is 10.9. The van der Waals surface area contributed by atoms with E-state index in [1.165, 1.54) is 10.4 Å². The second-order valence-electron chi connectivity index (χ2n) is 8.44. The molecule has 3 aliphatic heterocycles. The maximum atomic E-state index is 13.8. The van der Waals surface area contributed by atoms with E-state index in [1.54, 1.807) is 17.0 Å². The van der Waals surface area contributed by atoms with Gasteiger partial charge >= 0.3 is 0 Å². The van der Waals surface area contributed by atoms with Crippen molar-refractivity contribution < 1.29 is 27.4 Å². The maximum absolute atomic E-state index is 13.8. The van der Waals surface area contributed by atoms with Crippen LogP contribution in [0.25, 0.3) is 0 Å². The summed E-state index contributed by atoms with van der Waals surface area (Å²) in [5, 5.41) is 0. The molecule has 2 saturated heterocycles. The molecule has 4 aliphatic rings. The second kappa shape index (κ2) is 8.01. The number of carbonyl (C=O) groups excluding carboxylic acids is 1. The molecular formula is C21H28N2O6S. The zero-order valence-electron chi connectivity index (χ0n) is 17.0. The van der Waals surface area contributed by atoms with Gasteiger partial charge in [0.1, 0.15) is 19.3 Å². The van der Waals surface area contributed by atoms with Crippen molar-refractivity contribution in [3.8, 4) is 11.5 Å². The average Bonchev–Trinajstić information content (AvgIpc) is 3.19. The van der Waals surface area contributed by atoms with Crippen LogP contribution in [0.15, 0.2) is 23.1 Å². The monoisotopic (exact) mass is 436 g/mol. The number of morpholine rings is 1. The van der Waals surface area contributed by atoms with Crippen LogP contribution in [0.2, 0.25) is 0 Å². The third-order valence-electron chi connectivity index (χ3n) is 6.73. The van der Waals surface area contributed by atoms with Gasteiger partial charge in [-0.05, 0) is 37.3 Å². The van der Waals surface area contributed by atoms with Gasteiger partial charge in [0.25, 0.3) is 0 Å². The SMILES string of the molecule is O=C([C@@H]1C[C@@H]2CCCC[C@H]2N1S(=O)(=O)c1ccc2c(c1)OCCO2)N1CCOCC1. The lowest BCUT2D eigenvalue weighted by Gasteiger charge is -2.35. The van der Waals surface area contributed by atoms with E-state index in [2.05, 4.69) is 0 Å². The van der Waals surface area contributed by atoms with Crippen LogP contribution in [-0.2, 0) is 19.6 Å². The molecule has 3 heterocycles. The molecule has 3 fully saturated rings. The van der Waals surface area contributed by atoms with E-state index in [0.29, 0.717) is 57.4 Å². The van der Waals surface area contributed by atoms with Crippen molar-refractivity contribution in [2.75, 3.05) is 39.5 Å². The predicted molar refractivity (Wildman–Crippen MR) is 108 cm³/mol. The van der Waals surface area contributed by atoms with Crippen LogP contribution >= 0.6 is 0 Å². The molecule has 1 aromatic carbocycles. The molecule has 164 valence electrons. The quantitative estimate of drug-likeness (QED) is 0.716. The summed E-state index contributed by atoms with van der Waals surface area (Å²) in [7, 11) is -3.86. The molecule has 3 atom stereocenters. The van der Waals surface area contributed by atoms with E-state index in [0.717, 1.165) is 25.7 Å². The van der Waals surface area contributed by atoms with Crippen LogP contribution in [0.5, 0.6) is 11.5 Å². The first-order valence-corrected chi connectivity index (χ1v) is 12.3. The van der Waals surface area contributed by atoms with Gasteiger partial charge in [0.15, 0.2) is 11.5 Å². The molecule has 9 heteroatoms. The lowest BCUT2D eigenvalue weighted by atomic mass is 9.85. The molecule has 30 heavy (non-hydrogen) atoms. The van der Waals surface area contributed by atoms with Gasteiger partial charge in [0.2, 0.25) is 15.9 Å². The highest BCUT2D eigenvalue weighted by molar-refractivity contribution is 7.89. The number of fused-ring (bicyclic) bond motifs is 2. The fraction of sp³-hybridized carbons (Fsp3) is 0.667. The number of hydrogen-bond acceptors (Lipinski definition) is 6. The Morgan fingerprint density at radius 3 is 2.50 bits per heavy atom. The molecule has 1 amide bonds. The second-order valence-corrected chi connectivity index (χ2v) is 10.3. The Morgan fingerprint density at radius 1 is 0.967 bits per heavy atom. The van der Waals surface area contributed by atoms with E-state index < -0.39 is 16.1 Å². The van der Waals surface area contributed by atoms with Crippen molar-refractivity contribution >= 4 is 15.9 Å². The smallest absolute Gasteiger partial charge is 0.244 e. The summed E-state index contributed by atoms with van der Waals surface area (Å²) in [5.74, 6) is 1.14. The highest BCUT2D eigenvalue weighted by Crippen LogP contribution is 2.44. The summed E-state index contributed by atoms with van der Waals surface area (Å²) in [4.78, 5) is 15.3. The van der Waals surface area contributed by atoms with Crippen LogP contribution in [0, 0.1) is 5.92 Å². The lowest BCUT2D eigenvalue weighted by Crippen LogP contribution is -2.52. The molecule has 5 rings (SSSR count). The van der Waals surface area contributed by atoms with Gasteiger partial charge in [-0.2, -0.15) is 4.31 Å². The van der Waals surface area contributed by atoms with Crippen LogP contribution < -0.4 is 9.47 Å². The minimum atomic E-state index is -3.86. The number of hydrogen-bond donors (Lipinski definition) is 0. The number of ether oxygens (including phenoxy) is 3. The topological polar surface area (TPSA) is 85.4 Å². The van der Waals surface area contributed by atoms with E-state index in [4.69, 9.17) is 14.2 Å². The molecule has 0 aromatic heterocycles. The Hall–Kier alpha value is -1.84. The number of amides is 1. The van der Waals surface area contributed by atoms with Crippen molar-refractivity contribution in [3.63, 3.8) is 0 Å². The predicted octanol–water partition coefficient (Wildman–Crippen LogP) is 1.64. The Labute approximate surface area is 177 Å². The zero-order valence-corrected chi connectivity index (χ0v) is 17.8. The average molecular weight is 437 g/mol. The van der Waals surface area contributed by atoms with E-state index in [-0.39, 0.29) is 22.8 Å². The van der Waals surface area contributed by atoms with Gasteiger partial charge in [-0.15, -0.1) is 0 Å². The third kappa shape index (κ3) is 3.46. The summed E-state index contributed by atoms with van der Waals surface area (Å²) < 4.78 is 45.6. The Bertz CT molecular complexity index is 914. The minimum absolute atomic E-state index is 0.0891. The van der Waals surface area contributed by atoms with Crippen molar-refractivity contribution in [1.82, 2.24) is 9.21 Å². The number of rotatable bonds is 3. The van der Waals surface area contributed by atoms with Gasteiger partial charge in [0, 0.05) is 25.2 Å². The molecule has 0 spiro atoms. The zero-order chi connectivity index (χ0) is 20.7. The van der Waals surface area contributed by atoms with Crippen molar-refractivity contribution in [2.24, 2.45) is 5.92 Å². The lowest BCUT2D eigenvalue weighted by molar-refractivity contribution is -0.139. The molecule has 1 aromatic rings. The van der Waals surface area contributed by atoms with E-state index in [1.807, 2.05) is 0 Å². The van der Waals surface area contributed by atoms with Crippen molar-refractivity contribution in [3.05, 3.63) is 18.2 Å². The van der Waals surface area contributed by atoms with Gasteiger partial charge in [0.05, 0.1) is 18.1 Å². The maximum Gasteiger partial charge on any atom is 0.244 e. The third-order valence-corrected chi connectivity index (χ3v) is 8.66. The molecular weight excluding hydrogens is 408 g/mol. The summed E-state index contributed by atoms with van der Waals surface area (Å²) in [6, 6.07) is 3.99. The minimum Gasteiger partial charge on any atom is -0.486 e. The highest BCUT2D eigenvalue weighted by atomic mass is 32.2. The van der Waals surface area contributed by atoms with Crippen molar-refractivity contribution in [1.29, 1.82) is 0 Å². The molecule has 0 N–H and O–H groups in total. The number of nitrogens with zero attached hydrogens (tertiary/aromatic N) is 2. The molecule has 0 radical (unpaired) electrons. The first kappa shape index (κ1) is 20.1. The standard InChI is InChI=1S/C21H28N2O6S/c24-21(22-7-9-27-10-8-22)18-13-15-3-1-2-4-17(15)23(18)30(25,26)16-5-6-19-20(14-16)29-12-11-28-19/h5-6,14-15,17-18H,1-4,7-13H2/t15-,17+,18-/m0/s1. The van der Waals surface area contributed by atoms with Crippen molar-refractivity contribution in [2.45, 2.75) is 49.1 Å². The van der Waals surface area contributed by atoms with Crippen LogP contribution in [0.3, 0.4) is 0 Å². The van der Waals surface area contributed by atoms with Crippen LogP contribution in [0.1, 0.15) is 32.1 Å². The van der Waals surface area contributed by atoms with Gasteiger partial charge in [-0.25, -0.2) is 8.42 Å². The summed E-state index contributed by atoms with van der Waals surface area (Å²) in [6.45, 7) is 2.87. The van der Waals surface area contributed by atoms with Gasteiger partial charge in [-0.3, -0.25) is 4.79 Å². The fourth-order valence-corrected chi connectivity index (χ4v) is 7.16. The molecule has 1 aliphatic carbocycles. The summed E-state index contributed by atoms with van der Waals surface area (Å²) in [6.07, 6.45) is 4.47. The van der Waals surface area contributed by atoms with Gasteiger partial charge in [-0.1, -0.05) is 12.8 Å². The highest BCUT2D eigenvalue weighted by Gasteiger charge is 2.52. The van der Waals surface area contributed by atoms with E-state index >= 15 is 0 Å². The summed E-state index contributed by atoms with van der Waals surface area (Å²) >= 11 is 0. The summed E-state index contributed by atoms with van der Waals surface area (Å²) in [5.41, 5.74) is 0. The Kier molecular flexibility index (Phi) is 5.37. The number of carbonyl (C=O) groups is 1. The normalized spacial score (nSPS) is 29.5. The largest absolute Gasteiger partial charge is 0.486 e. The Morgan fingerprint density at radius 2 is 1.70 bits per heavy atom. The molecule has 1 saturated carbocycles. The fourth-order valence-electron chi connectivity index (χ4n) is 5.28. The van der Waals surface area contributed by atoms with Crippen LogP contribution in [-0.4, -0.2) is 75.1 Å². The number of benzene rings is 1. The molecule has 0 bridgehead atoms. The first-order chi connectivity index (χ1) is 14.6. The number of sulfonamides is 1.